The Labute approximate surface area is 185 Å². The number of hydrogen-bond donors (Lipinski definition) is 2. The number of aromatic nitrogens is 1. The second kappa shape index (κ2) is 8.96. The van der Waals surface area contributed by atoms with Crippen LogP contribution in [0.4, 0.5) is 5.69 Å². The van der Waals surface area contributed by atoms with Gasteiger partial charge in [-0.05, 0) is 68.1 Å². The van der Waals surface area contributed by atoms with Crippen molar-refractivity contribution in [3.63, 3.8) is 0 Å². The molecule has 1 saturated heterocycles. The van der Waals surface area contributed by atoms with Crippen molar-refractivity contribution in [1.29, 1.82) is 0 Å². The van der Waals surface area contributed by atoms with E-state index in [4.69, 9.17) is 4.42 Å². The monoisotopic (exact) mass is 430 g/mol. The van der Waals surface area contributed by atoms with Gasteiger partial charge in [0.05, 0.1) is 18.2 Å². The number of aromatic amines is 1. The Morgan fingerprint density at radius 3 is 2.72 bits per heavy atom. The van der Waals surface area contributed by atoms with Crippen LogP contribution < -0.4 is 5.56 Å². The fraction of sp³-hybridized carbons (Fsp3) is 0.320. The molecule has 5 rings (SSSR count). The largest absolute Gasteiger partial charge is 0.494 e. The van der Waals surface area contributed by atoms with Crippen LogP contribution in [0, 0.1) is 5.92 Å². The van der Waals surface area contributed by atoms with Gasteiger partial charge in [0, 0.05) is 22.9 Å². The number of rotatable bonds is 5. The first kappa shape index (κ1) is 20.5. The first-order valence-corrected chi connectivity index (χ1v) is 11.1. The van der Waals surface area contributed by atoms with E-state index in [1.807, 2.05) is 24.3 Å². The molecule has 0 spiro atoms. The van der Waals surface area contributed by atoms with Crippen LogP contribution in [-0.4, -0.2) is 34.6 Å². The normalized spacial score (nSPS) is 19.6. The van der Waals surface area contributed by atoms with Crippen LogP contribution in [0.15, 0.2) is 80.2 Å². The number of hydrogen-bond acceptors (Lipinski definition) is 6. The summed E-state index contributed by atoms with van der Waals surface area (Å²) in [5.41, 5.74) is 2.18. The number of furan rings is 1. The third-order valence-corrected chi connectivity index (χ3v) is 6.21. The Morgan fingerprint density at radius 2 is 1.97 bits per heavy atom. The molecule has 164 valence electrons. The van der Waals surface area contributed by atoms with Crippen LogP contribution in [0.1, 0.15) is 25.7 Å². The van der Waals surface area contributed by atoms with Crippen LogP contribution in [-0.2, 0) is 0 Å². The molecule has 1 unspecified atom stereocenters. The molecule has 1 atom stereocenters. The zero-order valence-electron chi connectivity index (χ0n) is 17.8. The highest BCUT2D eigenvalue weighted by Gasteiger charge is 2.16. The average molecular weight is 431 g/mol. The molecule has 3 aromatic rings. The van der Waals surface area contributed by atoms with Crippen molar-refractivity contribution >= 4 is 16.5 Å². The summed E-state index contributed by atoms with van der Waals surface area (Å²) in [7, 11) is 0. The van der Waals surface area contributed by atoms with Crippen LogP contribution in [0.25, 0.3) is 21.9 Å². The van der Waals surface area contributed by atoms with Gasteiger partial charge < -0.3 is 14.4 Å². The van der Waals surface area contributed by atoms with E-state index < -0.39 is 5.56 Å². The number of piperidine rings is 1. The Kier molecular flexibility index (Phi) is 5.73. The highest BCUT2D eigenvalue weighted by molar-refractivity contribution is 5.97. The van der Waals surface area contributed by atoms with Gasteiger partial charge in [-0.1, -0.05) is 24.6 Å². The Bertz CT molecular complexity index is 1250. The molecule has 32 heavy (non-hydrogen) atoms. The number of fused-ring (bicyclic) bond motifs is 1. The first-order valence-electron chi connectivity index (χ1n) is 11.1. The first-order chi connectivity index (χ1) is 15.7. The molecule has 7 nitrogen and oxygen atoms in total. The second-order valence-corrected chi connectivity index (χ2v) is 8.47. The van der Waals surface area contributed by atoms with E-state index >= 15 is 0 Å². The average Bonchev–Trinajstić information content (AvgIpc) is 3.35. The number of likely N-dealkylation sites (tertiary alicyclic amines) is 1. The minimum Gasteiger partial charge on any atom is -0.494 e. The van der Waals surface area contributed by atoms with Crippen molar-refractivity contribution in [2.24, 2.45) is 16.1 Å². The van der Waals surface area contributed by atoms with E-state index in [0.717, 1.165) is 29.8 Å². The third kappa shape index (κ3) is 4.29. The van der Waals surface area contributed by atoms with E-state index in [-0.39, 0.29) is 11.6 Å². The Morgan fingerprint density at radius 1 is 1.09 bits per heavy atom. The molecule has 1 aliphatic carbocycles. The summed E-state index contributed by atoms with van der Waals surface area (Å²) in [5.74, 6) is 0.308. The summed E-state index contributed by atoms with van der Waals surface area (Å²) in [6.45, 7) is 3.47. The van der Waals surface area contributed by atoms with Crippen molar-refractivity contribution in [1.82, 2.24) is 9.88 Å². The summed E-state index contributed by atoms with van der Waals surface area (Å²) in [6.07, 6.45) is 14.3. The number of aromatic hydroxyl groups is 1. The number of allylic oxidation sites excluding steroid dienone is 2. The standard InChI is InChI=1S/C25H26N4O3/c30-24-21-9-6-18(19-10-13-32-16-19)14-22(21)23(25(31)26-24)28-27-20-7-4-17(5-8-20)15-29-11-2-1-3-12-29/h4,6-10,13-14,16-17H,1-3,5,11-12,15H2,(H2,26,30,31). The number of H-pyrrole nitrogens is 1. The lowest BCUT2D eigenvalue weighted by atomic mass is 9.98. The molecule has 3 heterocycles. The van der Waals surface area contributed by atoms with E-state index in [1.165, 1.54) is 32.4 Å². The summed E-state index contributed by atoms with van der Waals surface area (Å²) in [5, 5.41) is 19.9. The molecular weight excluding hydrogens is 404 g/mol. The van der Waals surface area contributed by atoms with E-state index in [2.05, 4.69) is 32.3 Å². The third-order valence-electron chi connectivity index (χ3n) is 6.21. The number of azo groups is 1. The van der Waals surface area contributed by atoms with Crippen molar-refractivity contribution < 1.29 is 9.52 Å². The maximum atomic E-state index is 12.6. The molecule has 0 bridgehead atoms. The highest BCUT2D eigenvalue weighted by Crippen LogP contribution is 2.33. The van der Waals surface area contributed by atoms with E-state index in [0.29, 0.717) is 16.7 Å². The van der Waals surface area contributed by atoms with Gasteiger partial charge in [0.2, 0.25) is 0 Å². The Balaban J connectivity index is 1.38. The van der Waals surface area contributed by atoms with Crippen molar-refractivity contribution in [2.45, 2.75) is 25.7 Å². The quantitative estimate of drug-likeness (QED) is 0.521. The van der Waals surface area contributed by atoms with Crippen molar-refractivity contribution in [3.05, 3.63) is 71.1 Å². The minimum absolute atomic E-state index is 0.174. The number of nitrogens with one attached hydrogen (secondary N) is 1. The smallest absolute Gasteiger partial charge is 0.279 e. The van der Waals surface area contributed by atoms with Crippen LogP contribution in [0.2, 0.25) is 0 Å². The molecule has 0 saturated carbocycles. The summed E-state index contributed by atoms with van der Waals surface area (Å²) in [4.78, 5) is 17.6. The summed E-state index contributed by atoms with van der Waals surface area (Å²) < 4.78 is 5.16. The molecule has 2 aliphatic rings. The zero-order chi connectivity index (χ0) is 21.9. The lowest BCUT2D eigenvalue weighted by Crippen LogP contribution is -2.33. The molecule has 1 aromatic carbocycles. The molecular formula is C25H26N4O3. The molecule has 0 radical (unpaired) electrons. The molecule has 2 aromatic heterocycles. The van der Waals surface area contributed by atoms with Gasteiger partial charge in [-0.15, -0.1) is 5.11 Å². The predicted octanol–water partition coefficient (Wildman–Crippen LogP) is 5.52. The SMILES string of the molecule is O=c1[nH]c(O)c2ccc(-c3ccoc3)cc2c1N=NC1=CCC(CN2CCCCC2)C=C1. The summed E-state index contributed by atoms with van der Waals surface area (Å²) >= 11 is 0. The van der Waals surface area contributed by atoms with Gasteiger partial charge >= 0.3 is 0 Å². The highest BCUT2D eigenvalue weighted by atomic mass is 16.3. The van der Waals surface area contributed by atoms with Crippen LogP contribution in [0.3, 0.4) is 0 Å². The topological polar surface area (TPSA) is 94.2 Å². The molecule has 2 N–H and O–H groups in total. The number of benzene rings is 1. The maximum absolute atomic E-state index is 12.6. The van der Waals surface area contributed by atoms with Gasteiger partial charge in [-0.2, -0.15) is 5.11 Å². The van der Waals surface area contributed by atoms with Gasteiger partial charge in [0.1, 0.15) is 0 Å². The van der Waals surface area contributed by atoms with Crippen molar-refractivity contribution in [2.75, 3.05) is 19.6 Å². The molecule has 0 amide bonds. The van der Waals surface area contributed by atoms with Gasteiger partial charge in [0.25, 0.3) is 5.56 Å². The van der Waals surface area contributed by atoms with Crippen LogP contribution in [0.5, 0.6) is 5.88 Å². The fourth-order valence-corrected chi connectivity index (χ4v) is 4.45. The Hall–Kier alpha value is -3.45. The molecule has 1 aliphatic heterocycles. The lowest BCUT2D eigenvalue weighted by Gasteiger charge is -2.29. The molecule has 7 heteroatoms. The molecule has 1 fully saturated rings. The summed E-state index contributed by atoms with van der Waals surface area (Å²) in [6, 6.07) is 7.28. The van der Waals surface area contributed by atoms with Gasteiger partial charge in [0.15, 0.2) is 11.6 Å². The minimum atomic E-state index is -0.480. The lowest BCUT2D eigenvalue weighted by molar-refractivity contribution is 0.208. The van der Waals surface area contributed by atoms with E-state index in [9.17, 15) is 9.90 Å². The van der Waals surface area contributed by atoms with Crippen molar-refractivity contribution in [3.8, 4) is 17.0 Å². The fourth-order valence-electron chi connectivity index (χ4n) is 4.45. The maximum Gasteiger partial charge on any atom is 0.279 e. The van der Waals surface area contributed by atoms with Gasteiger partial charge in [-0.25, -0.2) is 0 Å². The zero-order valence-corrected chi connectivity index (χ0v) is 17.8. The van der Waals surface area contributed by atoms with Gasteiger partial charge in [-0.3, -0.25) is 9.78 Å². The number of nitrogens with zero attached hydrogens (tertiary/aromatic N) is 3. The van der Waals surface area contributed by atoms with Crippen LogP contribution >= 0.6 is 0 Å². The number of pyridine rings is 1. The van der Waals surface area contributed by atoms with E-state index in [1.54, 1.807) is 18.6 Å². The predicted molar refractivity (Wildman–Crippen MR) is 124 cm³/mol. The second-order valence-electron chi connectivity index (χ2n) is 8.47.